The zero-order valence-electron chi connectivity index (χ0n) is 10.9. The number of methoxy groups -OCH3 is 2. The van der Waals surface area contributed by atoms with Gasteiger partial charge in [0, 0.05) is 11.1 Å². The Morgan fingerprint density at radius 3 is 1.55 bits per heavy atom. The highest BCUT2D eigenvalue weighted by Crippen LogP contribution is 2.25. The summed E-state index contributed by atoms with van der Waals surface area (Å²) in [6.07, 6.45) is 0. The van der Waals surface area contributed by atoms with E-state index in [1.165, 1.54) is 0 Å². The lowest BCUT2D eigenvalue weighted by Crippen LogP contribution is -2.03. The van der Waals surface area contributed by atoms with Crippen LogP contribution in [0.25, 0.3) is 0 Å². The Kier molecular flexibility index (Phi) is 5.25. The molecule has 0 aliphatic carbocycles. The van der Waals surface area contributed by atoms with Gasteiger partial charge < -0.3 is 9.47 Å². The van der Waals surface area contributed by atoms with Gasteiger partial charge in [0.1, 0.15) is 11.5 Å². The van der Waals surface area contributed by atoms with Crippen molar-refractivity contribution >= 4 is 51.0 Å². The summed E-state index contributed by atoms with van der Waals surface area (Å²) < 4.78 is 12.2. The van der Waals surface area contributed by atoms with Crippen molar-refractivity contribution < 1.29 is 14.3 Å². The maximum Gasteiger partial charge on any atom is 0.193 e. The molecule has 0 unspecified atom stereocenters. The van der Waals surface area contributed by atoms with E-state index in [0.717, 1.165) is 18.6 Å². The second kappa shape index (κ2) is 6.75. The van der Waals surface area contributed by atoms with Gasteiger partial charge in [0.25, 0.3) is 0 Å². The molecule has 0 spiro atoms. The summed E-state index contributed by atoms with van der Waals surface area (Å²) in [6, 6.07) is 10.8. The number of carbonyl (C=O) groups is 1. The number of rotatable bonds is 4. The van der Waals surface area contributed by atoms with Crippen molar-refractivity contribution in [3.05, 3.63) is 54.7 Å². The minimum atomic E-state index is -0.00821. The summed E-state index contributed by atoms with van der Waals surface area (Å²) >= 11 is 4.32. The Morgan fingerprint density at radius 2 is 1.25 bits per heavy atom. The Hall–Kier alpha value is -0.830. The summed E-state index contributed by atoms with van der Waals surface area (Å²) in [6.45, 7) is 0. The lowest BCUT2D eigenvalue weighted by Gasteiger charge is -2.08. The van der Waals surface area contributed by atoms with Gasteiger partial charge >= 0.3 is 0 Å². The molecular weight excluding hydrogens is 482 g/mol. The van der Waals surface area contributed by atoms with Crippen LogP contribution in [0.2, 0.25) is 0 Å². The SMILES string of the molecule is COc1ccc(C(=O)c2ccc(OC)c(I)c2)cc1I. The van der Waals surface area contributed by atoms with Crippen molar-refractivity contribution in [3.8, 4) is 11.5 Å². The first-order chi connectivity index (χ1) is 9.56. The summed E-state index contributed by atoms with van der Waals surface area (Å²) in [5, 5.41) is 0. The molecule has 2 aromatic carbocycles. The number of halogens is 2. The molecule has 2 aromatic rings. The molecule has 0 aliphatic heterocycles. The van der Waals surface area contributed by atoms with Crippen LogP contribution >= 0.6 is 45.2 Å². The first kappa shape index (κ1) is 15.6. The number of hydrogen-bond acceptors (Lipinski definition) is 3. The van der Waals surface area contributed by atoms with Crippen molar-refractivity contribution in [1.82, 2.24) is 0 Å². The first-order valence-corrected chi connectivity index (χ1v) is 7.94. The Labute approximate surface area is 144 Å². The van der Waals surface area contributed by atoms with Gasteiger partial charge in [-0.05, 0) is 81.6 Å². The molecule has 0 aliphatic rings. The largest absolute Gasteiger partial charge is 0.496 e. The molecule has 0 heterocycles. The van der Waals surface area contributed by atoms with Crippen molar-refractivity contribution in [3.63, 3.8) is 0 Å². The monoisotopic (exact) mass is 494 g/mol. The zero-order chi connectivity index (χ0) is 14.7. The predicted molar refractivity (Wildman–Crippen MR) is 94.9 cm³/mol. The van der Waals surface area contributed by atoms with Gasteiger partial charge in [0.15, 0.2) is 5.78 Å². The minimum Gasteiger partial charge on any atom is -0.496 e. The average molecular weight is 494 g/mol. The molecule has 0 saturated carbocycles. The molecular formula is C15H12I2O3. The maximum atomic E-state index is 12.5. The predicted octanol–water partition coefficient (Wildman–Crippen LogP) is 4.14. The van der Waals surface area contributed by atoms with E-state index in [2.05, 4.69) is 45.2 Å². The van der Waals surface area contributed by atoms with Crippen LogP contribution in [-0.4, -0.2) is 20.0 Å². The Bertz CT molecular complexity index is 598. The van der Waals surface area contributed by atoms with Crippen LogP contribution < -0.4 is 9.47 Å². The smallest absolute Gasteiger partial charge is 0.193 e. The van der Waals surface area contributed by atoms with Crippen molar-refractivity contribution in [2.24, 2.45) is 0 Å². The van der Waals surface area contributed by atoms with Crippen LogP contribution in [0.1, 0.15) is 15.9 Å². The lowest BCUT2D eigenvalue weighted by molar-refractivity contribution is 0.103. The summed E-state index contributed by atoms with van der Waals surface area (Å²) in [7, 11) is 3.23. The fraction of sp³-hybridized carbons (Fsp3) is 0.133. The Balaban J connectivity index is 2.36. The molecule has 0 atom stereocenters. The van der Waals surface area contributed by atoms with Gasteiger partial charge in [0.05, 0.1) is 21.4 Å². The zero-order valence-corrected chi connectivity index (χ0v) is 15.3. The van der Waals surface area contributed by atoms with E-state index in [1.54, 1.807) is 26.4 Å². The van der Waals surface area contributed by atoms with Crippen LogP contribution in [0.15, 0.2) is 36.4 Å². The quantitative estimate of drug-likeness (QED) is 0.474. The number of ketones is 1. The second-order valence-corrected chi connectivity index (χ2v) is 6.35. The number of benzene rings is 2. The molecule has 0 aromatic heterocycles. The molecule has 5 heteroatoms. The third-order valence-electron chi connectivity index (χ3n) is 2.83. The van der Waals surface area contributed by atoms with Crippen LogP contribution in [-0.2, 0) is 0 Å². The van der Waals surface area contributed by atoms with E-state index in [-0.39, 0.29) is 5.78 Å². The van der Waals surface area contributed by atoms with E-state index in [1.807, 2.05) is 24.3 Å². The molecule has 104 valence electrons. The van der Waals surface area contributed by atoms with E-state index in [0.29, 0.717) is 11.1 Å². The summed E-state index contributed by atoms with van der Waals surface area (Å²) in [5.41, 5.74) is 1.30. The Morgan fingerprint density at radius 1 is 0.850 bits per heavy atom. The van der Waals surface area contributed by atoms with Crippen LogP contribution in [0.3, 0.4) is 0 Å². The molecule has 0 amide bonds. The maximum absolute atomic E-state index is 12.5. The molecule has 0 bridgehead atoms. The van der Waals surface area contributed by atoms with E-state index < -0.39 is 0 Å². The van der Waals surface area contributed by atoms with Gasteiger partial charge in [-0.25, -0.2) is 0 Å². The second-order valence-electron chi connectivity index (χ2n) is 4.03. The van der Waals surface area contributed by atoms with Crippen molar-refractivity contribution in [1.29, 1.82) is 0 Å². The van der Waals surface area contributed by atoms with Crippen LogP contribution in [0, 0.1) is 7.14 Å². The molecule has 3 nitrogen and oxygen atoms in total. The summed E-state index contributed by atoms with van der Waals surface area (Å²) in [5.74, 6) is 1.53. The van der Waals surface area contributed by atoms with Crippen LogP contribution in [0.5, 0.6) is 11.5 Å². The van der Waals surface area contributed by atoms with Gasteiger partial charge in [-0.1, -0.05) is 0 Å². The van der Waals surface area contributed by atoms with Crippen molar-refractivity contribution in [2.75, 3.05) is 14.2 Å². The van der Waals surface area contributed by atoms with E-state index in [9.17, 15) is 4.79 Å². The third kappa shape index (κ3) is 3.25. The van der Waals surface area contributed by atoms with Gasteiger partial charge in [-0.15, -0.1) is 0 Å². The fourth-order valence-electron chi connectivity index (χ4n) is 1.78. The summed E-state index contributed by atoms with van der Waals surface area (Å²) in [4.78, 5) is 12.5. The average Bonchev–Trinajstić information content (AvgIpc) is 2.46. The molecule has 0 saturated heterocycles. The highest BCUT2D eigenvalue weighted by atomic mass is 127. The van der Waals surface area contributed by atoms with Gasteiger partial charge in [-0.3, -0.25) is 4.79 Å². The topological polar surface area (TPSA) is 35.5 Å². The van der Waals surface area contributed by atoms with E-state index >= 15 is 0 Å². The molecule has 2 rings (SSSR count). The van der Waals surface area contributed by atoms with Crippen molar-refractivity contribution in [2.45, 2.75) is 0 Å². The standard InChI is InChI=1S/C15H12I2O3/c1-19-13-5-3-9(7-11(13)16)15(18)10-4-6-14(20-2)12(17)8-10/h3-8H,1-2H3. The van der Waals surface area contributed by atoms with Gasteiger partial charge in [-0.2, -0.15) is 0 Å². The molecule has 0 N–H and O–H groups in total. The molecule has 0 radical (unpaired) electrons. The van der Waals surface area contributed by atoms with Crippen LogP contribution in [0.4, 0.5) is 0 Å². The van der Waals surface area contributed by atoms with E-state index in [4.69, 9.17) is 9.47 Å². The highest BCUT2D eigenvalue weighted by molar-refractivity contribution is 14.1. The minimum absolute atomic E-state index is 0.00821. The normalized spacial score (nSPS) is 10.2. The molecule has 20 heavy (non-hydrogen) atoms. The lowest BCUT2D eigenvalue weighted by atomic mass is 10.0. The highest BCUT2D eigenvalue weighted by Gasteiger charge is 2.13. The fourth-order valence-corrected chi connectivity index (χ4v) is 3.25. The number of carbonyl (C=O) groups excluding carboxylic acids is 1. The third-order valence-corrected chi connectivity index (χ3v) is 4.51. The number of hydrogen-bond donors (Lipinski definition) is 0. The first-order valence-electron chi connectivity index (χ1n) is 5.78. The number of ether oxygens (including phenoxy) is 2. The molecule has 0 fully saturated rings. The van der Waals surface area contributed by atoms with Gasteiger partial charge in [0.2, 0.25) is 0 Å².